The molecule has 2 saturated heterocycles. The predicted molar refractivity (Wildman–Crippen MR) is 113 cm³/mol. The van der Waals surface area contributed by atoms with Crippen molar-refractivity contribution in [3.8, 4) is 5.75 Å². The standard InChI is InChI=1S/C22H30N2O5S/c1-16-3-4-20-19(11-16)13-24(17(2)25)15-22(29-20)6-8-23(9-7-22)21(26)12-18-5-10-30(27,28)14-18/h3-4,11,18H,5-10,12-15H2,1-2H3. The molecule has 1 aromatic carbocycles. The van der Waals surface area contributed by atoms with Crippen molar-refractivity contribution in [3.05, 3.63) is 29.3 Å². The fraction of sp³-hybridized carbons (Fsp3) is 0.636. The third-order valence-corrected chi connectivity index (χ3v) is 8.48. The monoisotopic (exact) mass is 434 g/mol. The summed E-state index contributed by atoms with van der Waals surface area (Å²) in [5.41, 5.74) is 1.65. The van der Waals surface area contributed by atoms with Crippen LogP contribution in [0.2, 0.25) is 0 Å². The number of nitrogens with zero attached hydrogens (tertiary/aromatic N) is 2. The highest BCUT2D eigenvalue weighted by molar-refractivity contribution is 7.91. The van der Waals surface area contributed by atoms with Crippen LogP contribution < -0.4 is 4.74 Å². The van der Waals surface area contributed by atoms with E-state index in [2.05, 4.69) is 6.07 Å². The number of benzene rings is 1. The van der Waals surface area contributed by atoms with Gasteiger partial charge in [0.1, 0.15) is 11.4 Å². The minimum Gasteiger partial charge on any atom is -0.485 e. The molecular formula is C22H30N2O5S. The molecular weight excluding hydrogens is 404 g/mol. The second-order valence-corrected chi connectivity index (χ2v) is 11.4. The van der Waals surface area contributed by atoms with E-state index in [1.165, 1.54) is 0 Å². The van der Waals surface area contributed by atoms with E-state index in [1.807, 2.05) is 28.9 Å². The smallest absolute Gasteiger partial charge is 0.222 e. The highest BCUT2D eigenvalue weighted by atomic mass is 32.2. The average molecular weight is 435 g/mol. The highest BCUT2D eigenvalue weighted by Gasteiger charge is 2.42. The molecule has 1 unspecified atom stereocenters. The molecule has 0 bridgehead atoms. The van der Waals surface area contributed by atoms with Gasteiger partial charge in [-0.25, -0.2) is 8.42 Å². The molecule has 3 aliphatic heterocycles. The van der Waals surface area contributed by atoms with Crippen molar-refractivity contribution in [2.75, 3.05) is 31.1 Å². The summed E-state index contributed by atoms with van der Waals surface area (Å²) in [4.78, 5) is 28.7. The Morgan fingerprint density at radius 3 is 2.57 bits per heavy atom. The Balaban J connectivity index is 1.45. The van der Waals surface area contributed by atoms with Crippen LogP contribution in [0, 0.1) is 12.8 Å². The number of amides is 2. The molecule has 8 heteroatoms. The van der Waals surface area contributed by atoms with Crippen LogP contribution in [0.5, 0.6) is 5.75 Å². The summed E-state index contributed by atoms with van der Waals surface area (Å²) in [6.07, 6.45) is 2.19. The summed E-state index contributed by atoms with van der Waals surface area (Å²) >= 11 is 0. The molecule has 0 aliphatic carbocycles. The topological polar surface area (TPSA) is 84.0 Å². The fourth-order valence-electron chi connectivity index (χ4n) is 4.86. The number of rotatable bonds is 2. The number of aryl methyl sites for hydroxylation is 1. The van der Waals surface area contributed by atoms with Crippen LogP contribution in [-0.4, -0.2) is 66.8 Å². The van der Waals surface area contributed by atoms with Gasteiger partial charge in [0.25, 0.3) is 0 Å². The van der Waals surface area contributed by atoms with Crippen LogP contribution in [0.4, 0.5) is 0 Å². The number of ether oxygens (including phenoxy) is 1. The number of carbonyl (C=O) groups is 2. The third-order valence-electron chi connectivity index (χ3n) is 6.65. The molecule has 30 heavy (non-hydrogen) atoms. The van der Waals surface area contributed by atoms with E-state index in [9.17, 15) is 18.0 Å². The molecule has 3 aliphatic rings. The molecule has 0 radical (unpaired) electrons. The van der Waals surface area contributed by atoms with Gasteiger partial charge in [-0.2, -0.15) is 0 Å². The zero-order valence-electron chi connectivity index (χ0n) is 17.7. The van der Waals surface area contributed by atoms with E-state index in [0.29, 0.717) is 51.9 Å². The Labute approximate surface area is 178 Å². The lowest BCUT2D eigenvalue weighted by Crippen LogP contribution is -2.55. The van der Waals surface area contributed by atoms with Crippen LogP contribution in [0.3, 0.4) is 0 Å². The first-order chi connectivity index (χ1) is 14.1. The van der Waals surface area contributed by atoms with Crippen molar-refractivity contribution in [1.82, 2.24) is 9.80 Å². The molecule has 164 valence electrons. The summed E-state index contributed by atoms with van der Waals surface area (Å²) < 4.78 is 29.8. The quantitative estimate of drug-likeness (QED) is 0.710. The van der Waals surface area contributed by atoms with Gasteiger partial charge in [0.05, 0.1) is 18.1 Å². The zero-order chi connectivity index (χ0) is 21.5. The van der Waals surface area contributed by atoms with Gasteiger partial charge in [-0.1, -0.05) is 17.7 Å². The van der Waals surface area contributed by atoms with Gasteiger partial charge in [-0.05, 0) is 25.3 Å². The Bertz CT molecular complexity index is 950. The SMILES string of the molecule is CC(=O)N1Cc2cc(C)ccc2OC2(CCN(C(=O)CC3CCS(=O)(=O)C3)CC2)C1. The van der Waals surface area contributed by atoms with Crippen molar-refractivity contribution in [2.45, 2.75) is 51.7 Å². The maximum Gasteiger partial charge on any atom is 0.222 e. The van der Waals surface area contributed by atoms with E-state index in [1.54, 1.807) is 6.92 Å². The van der Waals surface area contributed by atoms with Crippen LogP contribution in [0.25, 0.3) is 0 Å². The summed E-state index contributed by atoms with van der Waals surface area (Å²) in [5, 5.41) is 0. The summed E-state index contributed by atoms with van der Waals surface area (Å²) in [6.45, 7) is 5.78. The number of carbonyl (C=O) groups excluding carboxylic acids is 2. The van der Waals surface area contributed by atoms with Gasteiger partial charge in [-0.15, -0.1) is 0 Å². The summed E-state index contributed by atoms with van der Waals surface area (Å²) in [6, 6.07) is 6.07. The molecule has 3 heterocycles. The highest BCUT2D eigenvalue weighted by Crippen LogP contribution is 2.36. The van der Waals surface area contributed by atoms with Gasteiger partial charge in [0, 0.05) is 51.4 Å². The minimum atomic E-state index is -2.97. The Kier molecular flexibility index (Phi) is 5.55. The summed E-state index contributed by atoms with van der Waals surface area (Å²) in [5.74, 6) is 1.13. The molecule has 0 aromatic heterocycles. The second-order valence-electron chi connectivity index (χ2n) is 9.13. The van der Waals surface area contributed by atoms with Crippen molar-refractivity contribution in [3.63, 3.8) is 0 Å². The van der Waals surface area contributed by atoms with Crippen molar-refractivity contribution in [2.24, 2.45) is 5.92 Å². The number of hydrogen-bond acceptors (Lipinski definition) is 5. The van der Waals surface area contributed by atoms with Crippen LogP contribution >= 0.6 is 0 Å². The van der Waals surface area contributed by atoms with Crippen LogP contribution in [0.15, 0.2) is 18.2 Å². The zero-order valence-corrected chi connectivity index (χ0v) is 18.5. The Morgan fingerprint density at radius 1 is 1.20 bits per heavy atom. The maximum absolute atomic E-state index is 12.7. The normalized spacial score (nSPS) is 24.8. The molecule has 0 N–H and O–H groups in total. The van der Waals surface area contributed by atoms with Gasteiger partial charge in [0.2, 0.25) is 11.8 Å². The van der Waals surface area contributed by atoms with Gasteiger partial charge in [0.15, 0.2) is 9.84 Å². The molecule has 0 saturated carbocycles. The van der Waals surface area contributed by atoms with Gasteiger partial charge in [-0.3, -0.25) is 9.59 Å². The van der Waals surface area contributed by atoms with Crippen LogP contribution in [0.1, 0.15) is 43.7 Å². The van der Waals surface area contributed by atoms with Crippen LogP contribution in [-0.2, 0) is 26.0 Å². The fourth-order valence-corrected chi connectivity index (χ4v) is 6.72. The van der Waals surface area contributed by atoms with Gasteiger partial charge >= 0.3 is 0 Å². The predicted octanol–water partition coefficient (Wildman–Crippen LogP) is 1.92. The molecule has 2 fully saturated rings. The largest absolute Gasteiger partial charge is 0.485 e. The molecule has 1 spiro atoms. The van der Waals surface area contributed by atoms with E-state index < -0.39 is 15.4 Å². The molecule has 7 nitrogen and oxygen atoms in total. The first-order valence-electron chi connectivity index (χ1n) is 10.7. The van der Waals surface area contributed by atoms with Crippen molar-refractivity contribution in [1.29, 1.82) is 0 Å². The molecule has 2 amide bonds. The van der Waals surface area contributed by atoms with Crippen molar-refractivity contribution >= 4 is 21.7 Å². The lowest BCUT2D eigenvalue weighted by Gasteiger charge is -2.42. The first kappa shape index (κ1) is 21.2. The molecule has 1 aromatic rings. The molecule has 1 atom stereocenters. The van der Waals surface area contributed by atoms with E-state index in [4.69, 9.17) is 4.74 Å². The number of likely N-dealkylation sites (tertiary alicyclic amines) is 1. The number of fused-ring (bicyclic) bond motifs is 1. The van der Waals surface area contributed by atoms with E-state index in [0.717, 1.165) is 16.9 Å². The number of sulfone groups is 1. The first-order valence-corrected chi connectivity index (χ1v) is 12.5. The van der Waals surface area contributed by atoms with E-state index in [-0.39, 0.29) is 29.2 Å². The lowest BCUT2D eigenvalue weighted by atomic mass is 9.89. The van der Waals surface area contributed by atoms with Gasteiger partial charge < -0.3 is 14.5 Å². The minimum absolute atomic E-state index is 0.0216. The second kappa shape index (κ2) is 7.87. The Morgan fingerprint density at radius 2 is 1.93 bits per heavy atom. The van der Waals surface area contributed by atoms with Crippen molar-refractivity contribution < 1.29 is 22.7 Å². The number of hydrogen-bond donors (Lipinski definition) is 0. The third kappa shape index (κ3) is 4.48. The molecule has 4 rings (SSSR count). The lowest BCUT2D eigenvalue weighted by molar-refractivity contribution is -0.139. The van der Waals surface area contributed by atoms with E-state index >= 15 is 0 Å². The number of piperidine rings is 1. The summed E-state index contributed by atoms with van der Waals surface area (Å²) in [7, 11) is -2.97. The maximum atomic E-state index is 12.7. The Hall–Kier alpha value is -2.09. The average Bonchev–Trinajstić information content (AvgIpc) is 2.93.